The topological polar surface area (TPSA) is 28.2 Å². The molecular weight excluding hydrogens is 258 g/mol. The van der Waals surface area contributed by atoms with Crippen LogP contribution < -0.4 is 10.2 Å². The molecule has 0 unspecified atom stereocenters. The molecule has 2 aromatic rings. The lowest BCUT2D eigenvalue weighted by molar-refractivity contribution is 0.687. The highest BCUT2D eigenvalue weighted by Gasteiger charge is 2.20. The summed E-state index contributed by atoms with van der Waals surface area (Å²) in [6.07, 6.45) is 4.56. The second-order valence-electron chi connectivity index (χ2n) is 5.76. The molecule has 1 aliphatic rings. The van der Waals surface area contributed by atoms with Crippen LogP contribution in [0, 0.1) is 6.92 Å². The van der Waals surface area contributed by atoms with Crippen LogP contribution in [0.4, 0.5) is 11.5 Å². The van der Waals surface area contributed by atoms with Gasteiger partial charge in [-0.3, -0.25) is 0 Å². The lowest BCUT2D eigenvalue weighted by atomic mass is 10.2. The van der Waals surface area contributed by atoms with Crippen molar-refractivity contribution in [1.82, 2.24) is 10.3 Å². The van der Waals surface area contributed by atoms with Gasteiger partial charge in [0.2, 0.25) is 0 Å². The molecule has 3 heteroatoms. The van der Waals surface area contributed by atoms with E-state index in [9.17, 15) is 0 Å². The first kappa shape index (κ1) is 14.1. The van der Waals surface area contributed by atoms with Crippen molar-refractivity contribution in [3.05, 3.63) is 53.7 Å². The van der Waals surface area contributed by atoms with Gasteiger partial charge in [0.25, 0.3) is 0 Å². The normalized spacial score (nSPS) is 14.2. The summed E-state index contributed by atoms with van der Waals surface area (Å²) in [4.78, 5) is 6.82. The minimum atomic E-state index is 0.737. The van der Waals surface area contributed by atoms with Crippen LogP contribution >= 0.6 is 0 Å². The average Bonchev–Trinajstić information content (AvgIpc) is 3.31. The first-order chi connectivity index (χ1) is 10.3. The Kier molecular flexibility index (Phi) is 4.20. The number of anilines is 2. The minimum Gasteiger partial charge on any atom is -0.327 e. The lowest BCUT2D eigenvalue weighted by Gasteiger charge is -2.23. The molecule has 0 bridgehead atoms. The van der Waals surface area contributed by atoms with Crippen LogP contribution in [-0.2, 0) is 6.54 Å². The zero-order valence-corrected chi connectivity index (χ0v) is 12.8. The van der Waals surface area contributed by atoms with E-state index in [-0.39, 0.29) is 0 Å². The largest absolute Gasteiger partial charge is 0.327 e. The molecule has 21 heavy (non-hydrogen) atoms. The standard InChI is InChI=1S/C18H23N3/c1-3-21(17-6-4-5-14(2)11-17)18-12-15(9-10-19-18)13-20-16-7-8-16/h4-6,9-12,16,20H,3,7-8,13H2,1-2H3. The number of hydrogen-bond acceptors (Lipinski definition) is 3. The molecule has 1 saturated carbocycles. The summed E-state index contributed by atoms with van der Waals surface area (Å²) >= 11 is 0. The van der Waals surface area contributed by atoms with Crippen LogP contribution in [0.5, 0.6) is 0 Å². The molecule has 0 atom stereocenters. The van der Waals surface area contributed by atoms with Crippen molar-refractivity contribution in [3.8, 4) is 0 Å². The second-order valence-corrected chi connectivity index (χ2v) is 5.76. The van der Waals surface area contributed by atoms with Gasteiger partial charge in [0, 0.05) is 31.0 Å². The van der Waals surface area contributed by atoms with E-state index in [4.69, 9.17) is 0 Å². The Labute approximate surface area is 127 Å². The van der Waals surface area contributed by atoms with Gasteiger partial charge in [-0.2, -0.15) is 0 Å². The number of nitrogens with zero attached hydrogens (tertiary/aromatic N) is 2. The highest BCUT2D eigenvalue weighted by Crippen LogP contribution is 2.25. The second kappa shape index (κ2) is 6.27. The molecular formula is C18H23N3. The van der Waals surface area contributed by atoms with Crippen molar-refractivity contribution in [2.75, 3.05) is 11.4 Å². The molecule has 0 amide bonds. The Morgan fingerprint density at radius 3 is 2.81 bits per heavy atom. The van der Waals surface area contributed by atoms with Gasteiger partial charge in [-0.25, -0.2) is 4.98 Å². The molecule has 0 saturated heterocycles. The summed E-state index contributed by atoms with van der Waals surface area (Å²) in [5.41, 5.74) is 3.79. The van der Waals surface area contributed by atoms with Crippen LogP contribution in [0.3, 0.4) is 0 Å². The van der Waals surface area contributed by atoms with Gasteiger partial charge in [-0.15, -0.1) is 0 Å². The maximum atomic E-state index is 4.56. The van der Waals surface area contributed by atoms with E-state index in [0.29, 0.717) is 0 Å². The van der Waals surface area contributed by atoms with Gasteiger partial charge in [0.1, 0.15) is 5.82 Å². The molecule has 0 aliphatic heterocycles. The van der Waals surface area contributed by atoms with Crippen LogP contribution in [0.25, 0.3) is 0 Å². The monoisotopic (exact) mass is 281 g/mol. The number of nitrogens with one attached hydrogen (secondary N) is 1. The van der Waals surface area contributed by atoms with Crippen LogP contribution in [-0.4, -0.2) is 17.6 Å². The predicted octanol–water partition coefficient (Wildman–Crippen LogP) is 3.80. The van der Waals surface area contributed by atoms with E-state index in [2.05, 4.69) is 65.4 Å². The van der Waals surface area contributed by atoms with E-state index in [1.165, 1.54) is 29.7 Å². The first-order valence-corrected chi connectivity index (χ1v) is 7.79. The molecule has 1 aliphatic carbocycles. The Balaban J connectivity index is 1.80. The van der Waals surface area contributed by atoms with Gasteiger partial charge >= 0.3 is 0 Å². The zero-order chi connectivity index (χ0) is 14.7. The fourth-order valence-electron chi connectivity index (χ4n) is 2.54. The number of aryl methyl sites for hydroxylation is 1. The van der Waals surface area contributed by atoms with Crippen molar-refractivity contribution < 1.29 is 0 Å². The SMILES string of the molecule is CCN(c1cccc(C)c1)c1cc(CNC2CC2)ccn1. The molecule has 3 nitrogen and oxygen atoms in total. The van der Waals surface area contributed by atoms with Crippen molar-refractivity contribution >= 4 is 11.5 Å². The summed E-state index contributed by atoms with van der Waals surface area (Å²) in [6.45, 7) is 6.14. The van der Waals surface area contributed by atoms with Crippen molar-refractivity contribution in [3.63, 3.8) is 0 Å². The summed E-state index contributed by atoms with van der Waals surface area (Å²) in [7, 11) is 0. The van der Waals surface area contributed by atoms with Gasteiger partial charge in [0.05, 0.1) is 0 Å². The molecule has 1 heterocycles. The molecule has 3 rings (SSSR count). The molecule has 0 spiro atoms. The summed E-state index contributed by atoms with van der Waals surface area (Å²) in [5, 5.41) is 3.56. The van der Waals surface area contributed by atoms with Gasteiger partial charge in [-0.05, 0) is 62.1 Å². The van der Waals surface area contributed by atoms with E-state index in [0.717, 1.165) is 24.9 Å². The summed E-state index contributed by atoms with van der Waals surface area (Å²) < 4.78 is 0. The van der Waals surface area contributed by atoms with Gasteiger partial charge < -0.3 is 10.2 Å². The fraction of sp³-hybridized carbons (Fsp3) is 0.389. The van der Waals surface area contributed by atoms with Gasteiger partial charge in [0.15, 0.2) is 0 Å². The zero-order valence-electron chi connectivity index (χ0n) is 12.8. The maximum Gasteiger partial charge on any atom is 0.133 e. The quantitative estimate of drug-likeness (QED) is 0.873. The third-order valence-electron chi connectivity index (χ3n) is 3.89. The molecule has 1 aromatic carbocycles. The first-order valence-electron chi connectivity index (χ1n) is 7.79. The smallest absolute Gasteiger partial charge is 0.133 e. The maximum absolute atomic E-state index is 4.56. The highest BCUT2D eigenvalue weighted by atomic mass is 15.2. The van der Waals surface area contributed by atoms with E-state index >= 15 is 0 Å². The molecule has 1 N–H and O–H groups in total. The Bertz CT molecular complexity index is 605. The number of hydrogen-bond donors (Lipinski definition) is 1. The van der Waals surface area contributed by atoms with E-state index in [1.807, 2.05) is 6.20 Å². The van der Waals surface area contributed by atoms with Crippen LogP contribution in [0.2, 0.25) is 0 Å². The summed E-state index contributed by atoms with van der Waals surface area (Å²) in [6, 6.07) is 13.6. The van der Waals surface area contributed by atoms with Crippen molar-refractivity contribution in [1.29, 1.82) is 0 Å². The predicted molar refractivity (Wildman–Crippen MR) is 88.0 cm³/mol. The highest BCUT2D eigenvalue weighted by molar-refractivity contribution is 5.61. The number of rotatable bonds is 6. The Morgan fingerprint density at radius 2 is 2.10 bits per heavy atom. The van der Waals surface area contributed by atoms with Crippen molar-refractivity contribution in [2.45, 2.75) is 39.3 Å². The molecule has 110 valence electrons. The Hall–Kier alpha value is -1.87. The van der Waals surface area contributed by atoms with E-state index < -0.39 is 0 Å². The Morgan fingerprint density at radius 1 is 1.24 bits per heavy atom. The third-order valence-corrected chi connectivity index (χ3v) is 3.89. The molecule has 1 fully saturated rings. The van der Waals surface area contributed by atoms with Gasteiger partial charge in [-0.1, -0.05) is 12.1 Å². The fourth-order valence-corrected chi connectivity index (χ4v) is 2.54. The lowest BCUT2D eigenvalue weighted by Crippen LogP contribution is -2.19. The van der Waals surface area contributed by atoms with Crippen LogP contribution in [0.15, 0.2) is 42.6 Å². The number of pyridine rings is 1. The number of benzene rings is 1. The van der Waals surface area contributed by atoms with Crippen LogP contribution in [0.1, 0.15) is 30.9 Å². The molecule has 0 radical (unpaired) electrons. The van der Waals surface area contributed by atoms with Crippen molar-refractivity contribution in [2.24, 2.45) is 0 Å². The average molecular weight is 281 g/mol. The number of aromatic nitrogens is 1. The molecule has 1 aromatic heterocycles. The van der Waals surface area contributed by atoms with E-state index in [1.54, 1.807) is 0 Å². The summed E-state index contributed by atoms with van der Waals surface area (Å²) in [5.74, 6) is 1.03. The minimum absolute atomic E-state index is 0.737. The third kappa shape index (κ3) is 3.61.